The van der Waals surface area contributed by atoms with Crippen LogP contribution in [0.15, 0.2) is 41.3 Å². The first kappa shape index (κ1) is 23.4. The van der Waals surface area contributed by atoms with Gasteiger partial charge >= 0.3 is 0 Å². The summed E-state index contributed by atoms with van der Waals surface area (Å²) in [7, 11) is -2.37. The zero-order valence-electron chi connectivity index (χ0n) is 18.3. The Labute approximate surface area is 187 Å². The fraction of sp³-hybridized carbons (Fsp3) is 0.318. The Morgan fingerprint density at radius 1 is 1.00 bits per heavy atom. The van der Waals surface area contributed by atoms with Gasteiger partial charge < -0.3 is 10.1 Å². The number of nitrogens with one attached hydrogen (secondary N) is 1. The Morgan fingerprint density at radius 2 is 1.66 bits per heavy atom. The van der Waals surface area contributed by atoms with Crippen LogP contribution in [0, 0.1) is 0 Å². The summed E-state index contributed by atoms with van der Waals surface area (Å²) in [5, 5.41) is 2.67. The third-order valence-corrected chi connectivity index (χ3v) is 7.24. The minimum atomic E-state index is -3.74. The maximum Gasteiger partial charge on any atom is 0.261 e. The van der Waals surface area contributed by atoms with E-state index < -0.39 is 27.7 Å². The first-order valence-electron chi connectivity index (χ1n) is 10.2. The number of rotatable bonds is 8. The molecule has 2 aromatic rings. The van der Waals surface area contributed by atoms with Crippen LogP contribution in [0.1, 0.15) is 51.8 Å². The van der Waals surface area contributed by atoms with Gasteiger partial charge in [0.2, 0.25) is 10.0 Å². The maximum absolute atomic E-state index is 12.9. The minimum absolute atomic E-state index is 0.0244. The van der Waals surface area contributed by atoms with Crippen molar-refractivity contribution in [2.75, 3.05) is 32.1 Å². The van der Waals surface area contributed by atoms with Crippen LogP contribution in [-0.2, 0) is 10.0 Å². The Hall–Kier alpha value is -3.24. The van der Waals surface area contributed by atoms with Gasteiger partial charge in [-0.2, -0.15) is 4.31 Å². The van der Waals surface area contributed by atoms with E-state index in [0.29, 0.717) is 25.4 Å². The Kier molecular flexibility index (Phi) is 6.65. The standard InChI is InChI=1S/C22H25N3O6S/c1-5-25(6-2)32(29,30)15-9-11-19(31-7-3)18(13-15)23-20(26)14-8-10-16-17(12-14)22(28)24(4)21(16)27/h8-13H,5-7H2,1-4H3,(H,23,26). The third-order valence-electron chi connectivity index (χ3n) is 5.19. The van der Waals surface area contributed by atoms with Crippen molar-refractivity contribution in [2.45, 2.75) is 25.7 Å². The summed E-state index contributed by atoms with van der Waals surface area (Å²) in [6, 6.07) is 8.50. The molecule has 170 valence electrons. The Balaban J connectivity index is 1.97. The van der Waals surface area contributed by atoms with Crippen molar-refractivity contribution in [3.63, 3.8) is 0 Å². The van der Waals surface area contributed by atoms with E-state index in [4.69, 9.17) is 4.74 Å². The first-order valence-corrected chi connectivity index (χ1v) is 11.6. The highest BCUT2D eigenvalue weighted by molar-refractivity contribution is 7.89. The van der Waals surface area contributed by atoms with E-state index in [9.17, 15) is 22.8 Å². The largest absolute Gasteiger partial charge is 0.492 e. The van der Waals surface area contributed by atoms with E-state index in [2.05, 4.69) is 5.32 Å². The van der Waals surface area contributed by atoms with E-state index in [1.807, 2.05) is 0 Å². The predicted octanol–water partition coefficient (Wildman–Crippen LogP) is 2.59. The van der Waals surface area contributed by atoms with Crippen molar-refractivity contribution in [2.24, 2.45) is 0 Å². The summed E-state index contributed by atoms with van der Waals surface area (Å²) >= 11 is 0. The summed E-state index contributed by atoms with van der Waals surface area (Å²) in [6.45, 7) is 6.19. The van der Waals surface area contributed by atoms with Crippen molar-refractivity contribution in [1.82, 2.24) is 9.21 Å². The van der Waals surface area contributed by atoms with Crippen LogP contribution in [0.5, 0.6) is 5.75 Å². The number of benzene rings is 2. The van der Waals surface area contributed by atoms with Gasteiger partial charge in [-0.05, 0) is 43.3 Å². The molecule has 2 aromatic carbocycles. The highest BCUT2D eigenvalue weighted by Gasteiger charge is 2.33. The molecule has 1 aliphatic heterocycles. The SMILES string of the molecule is CCOc1ccc(S(=O)(=O)N(CC)CC)cc1NC(=O)c1ccc2c(c1)C(=O)N(C)C2=O. The molecule has 0 radical (unpaired) electrons. The summed E-state index contributed by atoms with van der Waals surface area (Å²) in [5.74, 6) is -1.17. The van der Waals surface area contributed by atoms with Crippen LogP contribution >= 0.6 is 0 Å². The normalized spacial score (nSPS) is 13.5. The molecule has 1 aliphatic rings. The number of hydrogen-bond acceptors (Lipinski definition) is 6. The summed E-state index contributed by atoms with van der Waals surface area (Å²) in [4.78, 5) is 38.2. The number of imide groups is 1. The Morgan fingerprint density at radius 3 is 2.28 bits per heavy atom. The van der Waals surface area contributed by atoms with Crippen LogP contribution in [0.3, 0.4) is 0 Å². The van der Waals surface area contributed by atoms with E-state index in [0.717, 1.165) is 4.90 Å². The Bertz CT molecular complexity index is 1190. The van der Waals surface area contributed by atoms with Crippen molar-refractivity contribution in [1.29, 1.82) is 0 Å². The van der Waals surface area contributed by atoms with Crippen LogP contribution in [0.2, 0.25) is 0 Å². The summed E-state index contributed by atoms with van der Waals surface area (Å²) in [5.41, 5.74) is 0.717. The first-order chi connectivity index (χ1) is 15.1. The molecule has 9 nitrogen and oxygen atoms in total. The fourth-order valence-electron chi connectivity index (χ4n) is 3.46. The van der Waals surface area contributed by atoms with Crippen molar-refractivity contribution in [3.8, 4) is 5.75 Å². The predicted molar refractivity (Wildman–Crippen MR) is 119 cm³/mol. The second-order valence-electron chi connectivity index (χ2n) is 7.06. The van der Waals surface area contributed by atoms with Gasteiger partial charge in [0.05, 0.1) is 28.3 Å². The van der Waals surface area contributed by atoms with Crippen LogP contribution in [-0.4, -0.2) is 62.1 Å². The number of carbonyl (C=O) groups excluding carboxylic acids is 3. The number of fused-ring (bicyclic) bond motifs is 1. The highest BCUT2D eigenvalue weighted by Crippen LogP contribution is 2.30. The van der Waals surface area contributed by atoms with Crippen LogP contribution < -0.4 is 10.1 Å². The minimum Gasteiger partial charge on any atom is -0.492 e. The van der Waals surface area contributed by atoms with Gasteiger partial charge in [0, 0.05) is 25.7 Å². The molecule has 0 aliphatic carbocycles. The van der Waals surface area contributed by atoms with E-state index in [1.54, 1.807) is 20.8 Å². The number of hydrogen-bond donors (Lipinski definition) is 1. The summed E-state index contributed by atoms with van der Waals surface area (Å²) < 4.78 is 32.6. The molecule has 0 spiro atoms. The molecule has 0 unspecified atom stereocenters. The van der Waals surface area contributed by atoms with Crippen LogP contribution in [0.25, 0.3) is 0 Å². The topological polar surface area (TPSA) is 113 Å². The average Bonchev–Trinajstić information content (AvgIpc) is 2.99. The molecule has 32 heavy (non-hydrogen) atoms. The molecule has 3 amide bonds. The number of amides is 3. The molecule has 0 atom stereocenters. The number of sulfonamides is 1. The lowest BCUT2D eigenvalue weighted by Crippen LogP contribution is -2.30. The highest BCUT2D eigenvalue weighted by atomic mass is 32.2. The van der Waals surface area contributed by atoms with Gasteiger partial charge in [-0.25, -0.2) is 8.42 Å². The molecule has 0 bridgehead atoms. The maximum atomic E-state index is 12.9. The molecule has 0 saturated carbocycles. The van der Waals surface area contributed by atoms with Gasteiger partial charge in [0.1, 0.15) is 5.75 Å². The number of carbonyl (C=O) groups is 3. The fourth-order valence-corrected chi connectivity index (χ4v) is 4.94. The molecule has 3 rings (SSSR count). The lowest BCUT2D eigenvalue weighted by atomic mass is 10.1. The van der Waals surface area contributed by atoms with Crippen molar-refractivity contribution < 1.29 is 27.5 Å². The van der Waals surface area contributed by atoms with Crippen molar-refractivity contribution >= 4 is 33.4 Å². The second kappa shape index (κ2) is 9.09. The van der Waals surface area contributed by atoms with Gasteiger partial charge in [-0.3, -0.25) is 19.3 Å². The lowest BCUT2D eigenvalue weighted by molar-refractivity contribution is 0.0693. The van der Waals surface area contributed by atoms with Gasteiger partial charge in [0.25, 0.3) is 17.7 Å². The molecule has 1 heterocycles. The molecule has 0 saturated heterocycles. The number of nitrogens with zero attached hydrogens (tertiary/aromatic N) is 2. The average molecular weight is 460 g/mol. The van der Waals surface area contributed by atoms with Gasteiger partial charge in [-0.1, -0.05) is 13.8 Å². The molecule has 10 heteroatoms. The van der Waals surface area contributed by atoms with Gasteiger partial charge in [0.15, 0.2) is 0 Å². The smallest absolute Gasteiger partial charge is 0.261 e. The van der Waals surface area contributed by atoms with E-state index in [1.165, 1.54) is 47.8 Å². The zero-order chi connectivity index (χ0) is 23.6. The third kappa shape index (κ3) is 4.11. The zero-order valence-corrected chi connectivity index (χ0v) is 19.2. The van der Waals surface area contributed by atoms with E-state index in [-0.39, 0.29) is 27.3 Å². The quantitative estimate of drug-likeness (QED) is 0.607. The van der Waals surface area contributed by atoms with E-state index >= 15 is 0 Å². The number of anilines is 1. The van der Waals surface area contributed by atoms with Gasteiger partial charge in [-0.15, -0.1) is 0 Å². The molecule has 0 fully saturated rings. The molecule has 0 aromatic heterocycles. The van der Waals surface area contributed by atoms with Crippen LogP contribution in [0.4, 0.5) is 5.69 Å². The molecule has 1 N–H and O–H groups in total. The second-order valence-corrected chi connectivity index (χ2v) is 9.00. The summed E-state index contributed by atoms with van der Waals surface area (Å²) in [6.07, 6.45) is 0. The molecular formula is C22H25N3O6S. The molecular weight excluding hydrogens is 434 g/mol. The number of ether oxygens (including phenoxy) is 1. The monoisotopic (exact) mass is 459 g/mol. The van der Waals surface area contributed by atoms with Crippen molar-refractivity contribution in [3.05, 3.63) is 53.1 Å². The lowest BCUT2D eigenvalue weighted by Gasteiger charge is -2.20.